The summed E-state index contributed by atoms with van der Waals surface area (Å²) in [7, 11) is -3.77. The summed E-state index contributed by atoms with van der Waals surface area (Å²) in [5, 5.41) is 14.4. The van der Waals surface area contributed by atoms with Crippen LogP contribution in [0, 0.1) is 0 Å². The van der Waals surface area contributed by atoms with E-state index in [9.17, 15) is 23.8 Å². The molecule has 0 spiro atoms. The molecule has 1 aromatic heterocycles. The number of hydrogen-bond donors (Lipinski definition) is 6. The normalized spacial score (nSPS) is 17.8. The first-order valence-corrected chi connectivity index (χ1v) is 12.6. The number of nitrogens with zero attached hydrogens (tertiary/aromatic N) is 2. The molecule has 0 radical (unpaired) electrons. The molecule has 0 bridgehead atoms. The Labute approximate surface area is 201 Å². The highest BCUT2D eigenvalue weighted by Gasteiger charge is 2.31. The van der Waals surface area contributed by atoms with E-state index in [4.69, 9.17) is 10.5 Å². The molecule has 1 amide bonds. The average Bonchev–Trinajstić information content (AvgIpc) is 3.34. The molecule has 0 atom stereocenters. The fraction of sp³-hybridized carbons (Fsp3) is 0.261. The van der Waals surface area contributed by atoms with Gasteiger partial charge in [0.15, 0.2) is 12.4 Å². The van der Waals surface area contributed by atoms with Crippen molar-refractivity contribution in [2.24, 2.45) is 10.1 Å². The SMILES string of the molecule is NC(=O)COc1ccc2c(c1)S(O)(O)N=C(c1c(O)c3ccccc3n(NC3CCCC3)c1=O)N2. The van der Waals surface area contributed by atoms with Gasteiger partial charge in [0.25, 0.3) is 11.5 Å². The number of pyridine rings is 1. The molecule has 11 nitrogen and oxygen atoms in total. The van der Waals surface area contributed by atoms with Gasteiger partial charge in [-0.15, -0.1) is 4.40 Å². The van der Waals surface area contributed by atoms with Crippen LogP contribution in [0.3, 0.4) is 0 Å². The molecule has 1 saturated carbocycles. The van der Waals surface area contributed by atoms with Crippen LogP contribution in [0.4, 0.5) is 5.69 Å². The van der Waals surface area contributed by atoms with Crippen LogP contribution in [-0.2, 0) is 4.79 Å². The van der Waals surface area contributed by atoms with Gasteiger partial charge in [-0.1, -0.05) is 35.8 Å². The second-order valence-corrected chi connectivity index (χ2v) is 10.1. The molecule has 5 rings (SSSR count). The van der Waals surface area contributed by atoms with Crippen LogP contribution in [0.25, 0.3) is 10.9 Å². The van der Waals surface area contributed by atoms with Gasteiger partial charge >= 0.3 is 0 Å². The van der Waals surface area contributed by atoms with Gasteiger partial charge in [0.2, 0.25) is 0 Å². The summed E-state index contributed by atoms with van der Waals surface area (Å²) in [4.78, 5) is 24.6. The number of carbonyl (C=O) groups excluding carboxylic acids is 1. The van der Waals surface area contributed by atoms with Gasteiger partial charge in [0.05, 0.1) is 11.2 Å². The number of hydrogen-bond acceptors (Lipinski definition) is 9. The number of para-hydroxylation sites is 1. The van der Waals surface area contributed by atoms with E-state index in [1.165, 1.54) is 22.9 Å². The lowest BCUT2D eigenvalue weighted by atomic mass is 10.1. The molecule has 2 heterocycles. The van der Waals surface area contributed by atoms with Crippen molar-refractivity contribution in [2.75, 3.05) is 17.3 Å². The van der Waals surface area contributed by atoms with Crippen molar-refractivity contribution in [3.63, 3.8) is 0 Å². The lowest BCUT2D eigenvalue weighted by molar-refractivity contribution is -0.119. The maximum absolute atomic E-state index is 13.6. The number of primary amides is 1. The quantitative estimate of drug-likeness (QED) is 0.300. The molecule has 12 heteroatoms. The van der Waals surface area contributed by atoms with E-state index in [0.717, 1.165) is 25.7 Å². The molecule has 0 saturated heterocycles. The van der Waals surface area contributed by atoms with E-state index in [0.29, 0.717) is 10.9 Å². The number of nitrogens with two attached hydrogens (primary N) is 1. The number of aromatic hydroxyl groups is 1. The first-order valence-electron chi connectivity index (χ1n) is 11.1. The number of amidine groups is 1. The Kier molecular flexibility index (Phi) is 5.79. The Hall–Kier alpha value is -3.74. The van der Waals surface area contributed by atoms with E-state index in [-0.39, 0.29) is 46.1 Å². The summed E-state index contributed by atoms with van der Waals surface area (Å²) >= 11 is 0. The number of rotatable bonds is 6. The highest BCUT2D eigenvalue weighted by Crippen LogP contribution is 2.56. The van der Waals surface area contributed by atoms with Crippen LogP contribution < -0.4 is 26.8 Å². The van der Waals surface area contributed by atoms with Crippen LogP contribution in [0.5, 0.6) is 11.5 Å². The monoisotopic (exact) mass is 499 g/mol. The maximum Gasteiger partial charge on any atom is 0.284 e. The van der Waals surface area contributed by atoms with E-state index in [1.54, 1.807) is 24.3 Å². The number of ether oxygens (including phenoxy) is 1. The minimum Gasteiger partial charge on any atom is -0.506 e. The van der Waals surface area contributed by atoms with Crippen molar-refractivity contribution in [3.8, 4) is 11.5 Å². The Morgan fingerprint density at radius 3 is 2.71 bits per heavy atom. The van der Waals surface area contributed by atoms with E-state index in [2.05, 4.69) is 15.1 Å². The van der Waals surface area contributed by atoms with Crippen LogP contribution in [0.1, 0.15) is 31.2 Å². The Morgan fingerprint density at radius 1 is 1.23 bits per heavy atom. The van der Waals surface area contributed by atoms with Gasteiger partial charge in [-0.3, -0.25) is 18.7 Å². The molecular weight excluding hydrogens is 474 g/mol. The van der Waals surface area contributed by atoms with Crippen molar-refractivity contribution in [2.45, 2.75) is 36.6 Å². The van der Waals surface area contributed by atoms with Crippen LogP contribution in [0.2, 0.25) is 0 Å². The third-order valence-electron chi connectivity index (χ3n) is 6.06. The first-order chi connectivity index (χ1) is 16.7. The molecule has 1 fully saturated rings. The molecule has 2 aliphatic rings. The number of anilines is 1. The summed E-state index contributed by atoms with van der Waals surface area (Å²) in [6.07, 6.45) is 3.97. The third-order valence-corrected chi connectivity index (χ3v) is 7.42. The van der Waals surface area contributed by atoms with Gasteiger partial charge in [-0.05, 0) is 37.1 Å². The number of nitrogens with one attached hydrogen (secondary N) is 2. The van der Waals surface area contributed by atoms with Gasteiger partial charge in [-0.25, -0.2) is 4.68 Å². The van der Waals surface area contributed by atoms with E-state index < -0.39 is 22.2 Å². The van der Waals surface area contributed by atoms with Crippen LogP contribution in [-0.4, -0.2) is 43.3 Å². The summed E-state index contributed by atoms with van der Waals surface area (Å²) in [6.45, 7) is -0.377. The predicted octanol–water partition coefficient (Wildman–Crippen LogP) is 2.95. The third kappa shape index (κ3) is 4.27. The zero-order valence-electron chi connectivity index (χ0n) is 18.6. The lowest BCUT2D eigenvalue weighted by Crippen LogP contribution is -2.39. The number of aromatic nitrogens is 1. The van der Waals surface area contributed by atoms with Gasteiger partial charge in [0, 0.05) is 17.5 Å². The fourth-order valence-electron chi connectivity index (χ4n) is 4.42. The van der Waals surface area contributed by atoms with Gasteiger partial charge in [0.1, 0.15) is 22.0 Å². The molecule has 3 aromatic rings. The minimum absolute atomic E-state index is 0.0212. The van der Waals surface area contributed by atoms with E-state index >= 15 is 0 Å². The molecule has 2 aromatic carbocycles. The number of carbonyl (C=O) groups is 1. The summed E-state index contributed by atoms with van der Waals surface area (Å²) in [5.74, 6) is -0.971. The van der Waals surface area contributed by atoms with Crippen LogP contribution in [0.15, 0.2) is 56.6 Å². The standard InChI is InChI=1S/C23H25N5O6S/c24-19(29)12-34-14-9-10-16-18(11-14)35(32,33)27-22(25-16)20-21(30)15-7-3-4-8-17(15)28(23(20)31)26-13-5-1-2-6-13/h3-4,7-11,13,26,30,32-33H,1-2,5-6,12H2,(H2,24,29)(H,25,27). The molecule has 1 aliphatic carbocycles. The predicted molar refractivity (Wildman–Crippen MR) is 134 cm³/mol. The van der Waals surface area contributed by atoms with Gasteiger partial charge in [-0.2, -0.15) is 0 Å². The van der Waals surface area contributed by atoms with Crippen molar-refractivity contribution < 1.29 is 23.7 Å². The Balaban J connectivity index is 1.61. The first kappa shape index (κ1) is 23.0. The second kappa shape index (κ2) is 8.80. The summed E-state index contributed by atoms with van der Waals surface area (Å²) < 4.78 is 32.3. The zero-order chi connectivity index (χ0) is 24.7. The molecule has 35 heavy (non-hydrogen) atoms. The summed E-state index contributed by atoms with van der Waals surface area (Å²) in [5.41, 5.74) is 8.38. The second-order valence-electron chi connectivity index (χ2n) is 8.49. The fourth-order valence-corrected chi connectivity index (χ4v) is 5.60. The van der Waals surface area contributed by atoms with Crippen molar-refractivity contribution >= 4 is 39.1 Å². The largest absolute Gasteiger partial charge is 0.506 e. The number of amides is 1. The molecule has 7 N–H and O–H groups in total. The smallest absolute Gasteiger partial charge is 0.284 e. The number of fused-ring (bicyclic) bond motifs is 2. The Morgan fingerprint density at radius 2 is 1.97 bits per heavy atom. The summed E-state index contributed by atoms with van der Waals surface area (Å²) in [6, 6.07) is 11.4. The van der Waals surface area contributed by atoms with Crippen molar-refractivity contribution in [1.29, 1.82) is 0 Å². The maximum atomic E-state index is 13.6. The van der Waals surface area contributed by atoms with E-state index in [1.807, 2.05) is 0 Å². The average molecular weight is 500 g/mol. The number of benzene rings is 2. The molecule has 1 aliphatic heterocycles. The lowest BCUT2D eigenvalue weighted by Gasteiger charge is -2.34. The Bertz CT molecular complexity index is 1410. The van der Waals surface area contributed by atoms with Crippen molar-refractivity contribution in [3.05, 3.63) is 58.4 Å². The topological polar surface area (TPSA) is 171 Å². The molecular formula is C23H25N5O6S. The highest BCUT2D eigenvalue weighted by molar-refractivity contribution is 8.23. The van der Waals surface area contributed by atoms with Gasteiger partial charge < -0.3 is 26.3 Å². The molecule has 184 valence electrons. The molecule has 0 unspecified atom stereocenters. The van der Waals surface area contributed by atoms with Crippen molar-refractivity contribution in [1.82, 2.24) is 4.68 Å². The zero-order valence-corrected chi connectivity index (χ0v) is 19.4. The van der Waals surface area contributed by atoms with Crippen LogP contribution >= 0.6 is 10.8 Å². The minimum atomic E-state index is -3.77. The highest BCUT2D eigenvalue weighted by atomic mass is 32.3.